The molecule has 0 saturated heterocycles. The summed E-state index contributed by atoms with van der Waals surface area (Å²) in [5, 5.41) is 9.44. The zero-order valence-corrected chi connectivity index (χ0v) is 9.40. The van der Waals surface area contributed by atoms with Gasteiger partial charge < -0.3 is 9.84 Å². The van der Waals surface area contributed by atoms with Crippen LogP contribution in [0.2, 0.25) is 0 Å². The maximum absolute atomic E-state index is 9.44. The SMILES string of the molecule is COc1ccc(-c2cccc(O)c2)c(C)c1. The van der Waals surface area contributed by atoms with Gasteiger partial charge in [0.1, 0.15) is 11.5 Å². The van der Waals surface area contributed by atoms with E-state index in [0.29, 0.717) is 0 Å². The summed E-state index contributed by atoms with van der Waals surface area (Å²) in [5.74, 6) is 1.13. The van der Waals surface area contributed by atoms with Crippen molar-refractivity contribution in [3.8, 4) is 22.6 Å². The van der Waals surface area contributed by atoms with Gasteiger partial charge in [0.2, 0.25) is 0 Å². The Hall–Kier alpha value is -1.96. The first-order valence-electron chi connectivity index (χ1n) is 5.15. The van der Waals surface area contributed by atoms with Crippen LogP contribution in [0.5, 0.6) is 11.5 Å². The Morgan fingerprint density at radius 1 is 1.06 bits per heavy atom. The molecule has 0 amide bonds. The van der Waals surface area contributed by atoms with Crippen molar-refractivity contribution in [2.75, 3.05) is 7.11 Å². The fourth-order valence-electron chi connectivity index (χ4n) is 1.76. The zero-order chi connectivity index (χ0) is 11.5. The number of aromatic hydroxyl groups is 1. The Labute approximate surface area is 95.1 Å². The van der Waals surface area contributed by atoms with E-state index in [9.17, 15) is 5.11 Å². The van der Waals surface area contributed by atoms with Gasteiger partial charge in [-0.15, -0.1) is 0 Å². The first-order valence-corrected chi connectivity index (χ1v) is 5.15. The highest BCUT2D eigenvalue weighted by Gasteiger charge is 2.03. The van der Waals surface area contributed by atoms with Gasteiger partial charge in [0, 0.05) is 0 Å². The summed E-state index contributed by atoms with van der Waals surface area (Å²) in [6.07, 6.45) is 0. The molecule has 0 bridgehead atoms. The molecule has 2 heteroatoms. The average Bonchev–Trinajstić information content (AvgIpc) is 2.28. The largest absolute Gasteiger partial charge is 0.508 e. The highest BCUT2D eigenvalue weighted by atomic mass is 16.5. The Balaban J connectivity index is 2.48. The predicted molar refractivity (Wildman–Crippen MR) is 64.8 cm³/mol. The molecule has 0 heterocycles. The molecule has 2 aromatic carbocycles. The molecule has 0 fully saturated rings. The van der Waals surface area contributed by atoms with E-state index in [1.807, 2.05) is 37.3 Å². The fourth-order valence-corrected chi connectivity index (χ4v) is 1.76. The van der Waals surface area contributed by atoms with E-state index in [0.717, 1.165) is 22.4 Å². The molecule has 2 rings (SSSR count). The van der Waals surface area contributed by atoms with Crippen LogP contribution in [0.25, 0.3) is 11.1 Å². The molecule has 0 aliphatic heterocycles. The number of hydrogen-bond donors (Lipinski definition) is 1. The number of phenols is 1. The number of rotatable bonds is 2. The van der Waals surface area contributed by atoms with Crippen LogP contribution in [0.4, 0.5) is 0 Å². The molecule has 0 aromatic heterocycles. The summed E-state index contributed by atoms with van der Waals surface area (Å²) < 4.78 is 5.16. The van der Waals surface area contributed by atoms with Crippen LogP contribution in [0.1, 0.15) is 5.56 Å². The van der Waals surface area contributed by atoms with E-state index in [-0.39, 0.29) is 5.75 Å². The lowest BCUT2D eigenvalue weighted by Crippen LogP contribution is -1.87. The maximum atomic E-state index is 9.44. The Bertz CT molecular complexity index is 504. The van der Waals surface area contributed by atoms with Crippen LogP contribution in [0.15, 0.2) is 42.5 Å². The van der Waals surface area contributed by atoms with Crippen LogP contribution in [-0.4, -0.2) is 12.2 Å². The van der Waals surface area contributed by atoms with Crippen LogP contribution in [-0.2, 0) is 0 Å². The number of benzene rings is 2. The van der Waals surface area contributed by atoms with Crippen molar-refractivity contribution in [3.63, 3.8) is 0 Å². The van der Waals surface area contributed by atoms with Gasteiger partial charge in [0.05, 0.1) is 7.11 Å². The van der Waals surface area contributed by atoms with Crippen LogP contribution in [0, 0.1) is 6.92 Å². The zero-order valence-electron chi connectivity index (χ0n) is 9.40. The van der Waals surface area contributed by atoms with Crippen molar-refractivity contribution in [2.24, 2.45) is 0 Å². The van der Waals surface area contributed by atoms with Gasteiger partial charge in [-0.05, 0) is 47.9 Å². The normalized spacial score (nSPS) is 10.1. The molecule has 2 aromatic rings. The summed E-state index contributed by atoms with van der Waals surface area (Å²) in [5.41, 5.74) is 3.25. The van der Waals surface area contributed by atoms with Crippen molar-refractivity contribution >= 4 is 0 Å². The van der Waals surface area contributed by atoms with Gasteiger partial charge in [-0.25, -0.2) is 0 Å². The molecule has 1 N–H and O–H groups in total. The van der Waals surface area contributed by atoms with Gasteiger partial charge in [-0.2, -0.15) is 0 Å². The van der Waals surface area contributed by atoms with Gasteiger partial charge in [-0.3, -0.25) is 0 Å². The first-order chi connectivity index (χ1) is 7.70. The number of phenolic OH excluding ortho intramolecular Hbond substituents is 1. The Morgan fingerprint density at radius 3 is 2.50 bits per heavy atom. The van der Waals surface area contributed by atoms with Crippen molar-refractivity contribution in [1.29, 1.82) is 0 Å². The van der Waals surface area contributed by atoms with Crippen molar-refractivity contribution in [1.82, 2.24) is 0 Å². The van der Waals surface area contributed by atoms with E-state index in [1.54, 1.807) is 19.2 Å². The molecule has 0 spiro atoms. The van der Waals surface area contributed by atoms with Gasteiger partial charge in [0.15, 0.2) is 0 Å². The first kappa shape index (κ1) is 10.6. The summed E-state index contributed by atoms with van der Waals surface area (Å²) in [7, 11) is 1.66. The van der Waals surface area contributed by atoms with Gasteiger partial charge in [-0.1, -0.05) is 18.2 Å². The molecular formula is C14H14O2. The highest BCUT2D eigenvalue weighted by Crippen LogP contribution is 2.28. The third-order valence-electron chi connectivity index (χ3n) is 2.59. The number of hydrogen-bond acceptors (Lipinski definition) is 2. The lowest BCUT2D eigenvalue weighted by Gasteiger charge is -2.08. The van der Waals surface area contributed by atoms with E-state index in [4.69, 9.17) is 4.74 Å². The van der Waals surface area contributed by atoms with E-state index < -0.39 is 0 Å². The molecule has 0 aliphatic carbocycles. The number of ether oxygens (including phenoxy) is 1. The lowest BCUT2D eigenvalue weighted by molar-refractivity contribution is 0.414. The molecule has 82 valence electrons. The Morgan fingerprint density at radius 2 is 1.88 bits per heavy atom. The van der Waals surface area contributed by atoms with E-state index >= 15 is 0 Å². The lowest BCUT2D eigenvalue weighted by atomic mass is 10.0. The highest BCUT2D eigenvalue weighted by molar-refractivity contribution is 5.69. The van der Waals surface area contributed by atoms with Crippen LogP contribution >= 0.6 is 0 Å². The second kappa shape index (κ2) is 4.27. The minimum absolute atomic E-state index is 0.285. The van der Waals surface area contributed by atoms with E-state index in [1.165, 1.54) is 0 Å². The molecule has 16 heavy (non-hydrogen) atoms. The van der Waals surface area contributed by atoms with Crippen LogP contribution < -0.4 is 4.74 Å². The molecule has 0 atom stereocenters. The summed E-state index contributed by atoms with van der Waals surface area (Å²) in [6.45, 7) is 2.03. The summed E-state index contributed by atoms with van der Waals surface area (Å²) in [6, 6.07) is 13.2. The second-order valence-corrected chi connectivity index (χ2v) is 3.73. The topological polar surface area (TPSA) is 29.5 Å². The summed E-state index contributed by atoms with van der Waals surface area (Å²) in [4.78, 5) is 0. The summed E-state index contributed by atoms with van der Waals surface area (Å²) >= 11 is 0. The smallest absolute Gasteiger partial charge is 0.119 e. The maximum Gasteiger partial charge on any atom is 0.119 e. The number of aryl methyl sites for hydroxylation is 1. The molecular weight excluding hydrogens is 200 g/mol. The monoisotopic (exact) mass is 214 g/mol. The average molecular weight is 214 g/mol. The van der Waals surface area contributed by atoms with Crippen molar-refractivity contribution < 1.29 is 9.84 Å². The van der Waals surface area contributed by atoms with Crippen molar-refractivity contribution in [2.45, 2.75) is 6.92 Å². The standard InChI is InChI=1S/C14H14O2/c1-10-8-13(16-2)6-7-14(10)11-4-3-5-12(15)9-11/h3-9,15H,1-2H3. The fraction of sp³-hybridized carbons (Fsp3) is 0.143. The minimum atomic E-state index is 0.285. The third kappa shape index (κ3) is 2.01. The number of methoxy groups -OCH3 is 1. The van der Waals surface area contributed by atoms with Crippen molar-refractivity contribution in [3.05, 3.63) is 48.0 Å². The molecule has 2 nitrogen and oxygen atoms in total. The minimum Gasteiger partial charge on any atom is -0.508 e. The van der Waals surface area contributed by atoms with Crippen LogP contribution in [0.3, 0.4) is 0 Å². The third-order valence-corrected chi connectivity index (χ3v) is 2.59. The van der Waals surface area contributed by atoms with Gasteiger partial charge >= 0.3 is 0 Å². The Kier molecular flexibility index (Phi) is 2.82. The second-order valence-electron chi connectivity index (χ2n) is 3.73. The molecule has 0 aliphatic rings. The molecule has 0 saturated carbocycles. The molecule has 0 unspecified atom stereocenters. The molecule has 0 radical (unpaired) electrons. The van der Waals surface area contributed by atoms with Gasteiger partial charge in [0.25, 0.3) is 0 Å². The van der Waals surface area contributed by atoms with E-state index in [2.05, 4.69) is 0 Å². The predicted octanol–water partition coefficient (Wildman–Crippen LogP) is 3.38. The quantitative estimate of drug-likeness (QED) is 0.830.